The number of hydrogen-bond donors (Lipinski definition) is 1. The molecule has 138 valence electrons. The van der Waals surface area contributed by atoms with Gasteiger partial charge in [-0.3, -0.25) is 9.59 Å². The van der Waals surface area contributed by atoms with Crippen molar-refractivity contribution in [1.82, 2.24) is 10.2 Å². The first-order valence-electron chi connectivity index (χ1n) is 9.19. The predicted octanol–water partition coefficient (Wildman–Crippen LogP) is 2.46. The molecule has 5 nitrogen and oxygen atoms in total. The highest BCUT2D eigenvalue weighted by Gasteiger charge is 2.46. The van der Waals surface area contributed by atoms with E-state index < -0.39 is 5.54 Å². The number of nitrogens with one attached hydrogen (secondary N) is 1. The van der Waals surface area contributed by atoms with Crippen molar-refractivity contribution in [2.75, 3.05) is 26.3 Å². The Labute approximate surface area is 150 Å². The van der Waals surface area contributed by atoms with Gasteiger partial charge in [0.15, 0.2) is 0 Å². The summed E-state index contributed by atoms with van der Waals surface area (Å²) in [6, 6.07) is 8.32. The zero-order chi connectivity index (χ0) is 18.3. The fraction of sp³-hybridized carbons (Fsp3) is 0.600. The molecule has 0 radical (unpaired) electrons. The van der Waals surface area contributed by atoms with Gasteiger partial charge in [0.05, 0.1) is 0 Å². The second kappa shape index (κ2) is 8.99. The summed E-state index contributed by atoms with van der Waals surface area (Å²) in [5.74, 6) is 0.0119. The van der Waals surface area contributed by atoms with E-state index in [1.165, 1.54) is 11.1 Å². The van der Waals surface area contributed by atoms with Crippen molar-refractivity contribution in [3.63, 3.8) is 0 Å². The van der Waals surface area contributed by atoms with E-state index >= 15 is 0 Å². The van der Waals surface area contributed by atoms with E-state index in [0.29, 0.717) is 39.1 Å². The predicted molar refractivity (Wildman–Crippen MR) is 98.4 cm³/mol. The van der Waals surface area contributed by atoms with Crippen LogP contribution in [0.1, 0.15) is 44.2 Å². The molecule has 0 aromatic heterocycles. The Hall–Kier alpha value is -1.88. The summed E-state index contributed by atoms with van der Waals surface area (Å²) < 4.78 is 5.28. The van der Waals surface area contributed by atoms with Crippen LogP contribution in [0.3, 0.4) is 0 Å². The molecule has 25 heavy (non-hydrogen) atoms. The lowest BCUT2D eigenvalue weighted by Crippen LogP contribution is -2.55. The van der Waals surface area contributed by atoms with Gasteiger partial charge in [-0.1, -0.05) is 29.8 Å². The van der Waals surface area contributed by atoms with Crippen molar-refractivity contribution in [3.8, 4) is 0 Å². The molecule has 0 unspecified atom stereocenters. The second-order valence-electron chi connectivity index (χ2n) is 6.86. The van der Waals surface area contributed by atoms with E-state index in [1.54, 1.807) is 4.90 Å². The third kappa shape index (κ3) is 5.05. The van der Waals surface area contributed by atoms with Crippen molar-refractivity contribution in [1.29, 1.82) is 0 Å². The van der Waals surface area contributed by atoms with Crippen molar-refractivity contribution >= 4 is 11.8 Å². The molecule has 5 heteroatoms. The number of carbonyl (C=O) groups excluding carboxylic acids is 2. The molecule has 0 bridgehead atoms. The Kier molecular flexibility index (Phi) is 7.00. The van der Waals surface area contributed by atoms with E-state index in [2.05, 4.69) is 36.5 Å². The molecule has 1 saturated heterocycles. The average molecular weight is 346 g/mol. The Balaban J connectivity index is 1.91. The van der Waals surface area contributed by atoms with E-state index in [-0.39, 0.29) is 11.8 Å². The van der Waals surface area contributed by atoms with Crippen LogP contribution in [0.4, 0.5) is 0 Å². The van der Waals surface area contributed by atoms with Gasteiger partial charge in [0.2, 0.25) is 11.8 Å². The van der Waals surface area contributed by atoms with Crippen LogP contribution < -0.4 is 5.32 Å². The third-order valence-corrected chi connectivity index (χ3v) is 4.91. The highest BCUT2D eigenvalue weighted by atomic mass is 16.5. The minimum atomic E-state index is -0.743. The SMILES string of the molecule is CCOCCCNC(=O)[C@]1(C)CCC(=O)N1CCc1ccc(C)cc1. The van der Waals surface area contributed by atoms with Gasteiger partial charge in [-0.25, -0.2) is 0 Å². The summed E-state index contributed by atoms with van der Waals surface area (Å²) >= 11 is 0. The Morgan fingerprint density at radius 3 is 2.72 bits per heavy atom. The number of rotatable bonds is 9. The molecule has 1 atom stereocenters. The van der Waals surface area contributed by atoms with Crippen LogP contribution in [0.15, 0.2) is 24.3 Å². The van der Waals surface area contributed by atoms with Gasteiger partial charge in [-0.15, -0.1) is 0 Å². The molecule has 1 heterocycles. The molecule has 1 N–H and O–H groups in total. The first-order valence-corrected chi connectivity index (χ1v) is 9.19. The first kappa shape index (κ1) is 19.4. The molecule has 2 amide bonds. The summed E-state index contributed by atoms with van der Waals surface area (Å²) in [6.07, 6.45) is 2.57. The third-order valence-electron chi connectivity index (χ3n) is 4.91. The normalized spacial score (nSPS) is 20.1. The van der Waals surface area contributed by atoms with Gasteiger partial charge < -0.3 is 15.0 Å². The standard InChI is InChI=1S/C20H30N2O3/c1-4-25-15-5-13-21-19(24)20(3)12-10-18(23)22(20)14-11-17-8-6-16(2)7-9-17/h6-9H,4-5,10-15H2,1-3H3,(H,21,24)/t20-/m0/s1. The maximum atomic E-state index is 12.7. The van der Waals surface area contributed by atoms with Gasteiger partial charge >= 0.3 is 0 Å². The smallest absolute Gasteiger partial charge is 0.245 e. The number of hydrogen-bond acceptors (Lipinski definition) is 3. The van der Waals surface area contributed by atoms with Crippen LogP contribution in [-0.2, 0) is 20.7 Å². The molecule has 1 fully saturated rings. The Bertz CT molecular complexity index is 585. The summed E-state index contributed by atoms with van der Waals surface area (Å²) in [6.45, 7) is 8.37. The van der Waals surface area contributed by atoms with Gasteiger partial charge in [-0.2, -0.15) is 0 Å². The molecule has 0 aliphatic carbocycles. The van der Waals surface area contributed by atoms with Crippen molar-refractivity contribution in [2.45, 2.75) is 52.0 Å². The van der Waals surface area contributed by atoms with E-state index in [4.69, 9.17) is 4.74 Å². The number of likely N-dealkylation sites (tertiary alicyclic amines) is 1. The molecular weight excluding hydrogens is 316 g/mol. The van der Waals surface area contributed by atoms with E-state index in [9.17, 15) is 9.59 Å². The Morgan fingerprint density at radius 1 is 1.32 bits per heavy atom. The summed E-state index contributed by atoms with van der Waals surface area (Å²) in [5.41, 5.74) is 1.66. The van der Waals surface area contributed by atoms with Crippen molar-refractivity contribution in [3.05, 3.63) is 35.4 Å². The molecule has 0 spiro atoms. The molecule has 0 saturated carbocycles. The lowest BCUT2D eigenvalue weighted by Gasteiger charge is -2.34. The molecular formula is C20H30N2O3. The fourth-order valence-electron chi connectivity index (χ4n) is 3.21. The van der Waals surface area contributed by atoms with Gasteiger partial charge in [0.25, 0.3) is 0 Å². The van der Waals surface area contributed by atoms with Gasteiger partial charge in [0.1, 0.15) is 5.54 Å². The quantitative estimate of drug-likeness (QED) is 0.699. The zero-order valence-corrected chi connectivity index (χ0v) is 15.6. The minimum Gasteiger partial charge on any atom is -0.382 e. The molecule has 1 aromatic carbocycles. The van der Waals surface area contributed by atoms with Crippen LogP contribution >= 0.6 is 0 Å². The highest BCUT2D eigenvalue weighted by molar-refractivity contribution is 5.94. The lowest BCUT2D eigenvalue weighted by atomic mass is 9.97. The zero-order valence-electron chi connectivity index (χ0n) is 15.6. The topological polar surface area (TPSA) is 58.6 Å². The first-order chi connectivity index (χ1) is 12.0. The average Bonchev–Trinajstić information content (AvgIpc) is 2.90. The molecule has 1 aromatic rings. The number of aryl methyl sites for hydroxylation is 1. The van der Waals surface area contributed by atoms with Crippen LogP contribution in [0.5, 0.6) is 0 Å². The summed E-state index contributed by atoms with van der Waals surface area (Å²) in [4.78, 5) is 26.7. The molecule has 1 aliphatic rings. The van der Waals surface area contributed by atoms with Crippen LogP contribution in [0.2, 0.25) is 0 Å². The number of ether oxygens (including phenoxy) is 1. The van der Waals surface area contributed by atoms with E-state index in [1.807, 2.05) is 13.8 Å². The van der Waals surface area contributed by atoms with Gasteiger partial charge in [-0.05, 0) is 45.6 Å². The molecule has 1 aliphatic heterocycles. The lowest BCUT2D eigenvalue weighted by molar-refractivity contribution is -0.140. The monoisotopic (exact) mass is 346 g/mol. The van der Waals surface area contributed by atoms with Gasteiger partial charge in [0, 0.05) is 32.7 Å². The van der Waals surface area contributed by atoms with E-state index in [0.717, 1.165) is 12.8 Å². The number of carbonyl (C=O) groups is 2. The van der Waals surface area contributed by atoms with Crippen LogP contribution in [-0.4, -0.2) is 48.6 Å². The fourth-order valence-corrected chi connectivity index (χ4v) is 3.21. The van der Waals surface area contributed by atoms with Crippen molar-refractivity contribution < 1.29 is 14.3 Å². The summed E-state index contributed by atoms with van der Waals surface area (Å²) in [7, 11) is 0. The maximum Gasteiger partial charge on any atom is 0.245 e. The number of amides is 2. The maximum absolute atomic E-state index is 12.7. The van der Waals surface area contributed by atoms with Crippen LogP contribution in [0, 0.1) is 6.92 Å². The highest BCUT2D eigenvalue weighted by Crippen LogP contribution is 2.30. The van der Waals surface area contributed by atoms with Crippen molar-refractivity contribution in [2.24, 2.45) is 0 Å². The largest absolute Gasteiger partial charge is 0.382 e. The summed E-state index contributed by atoms with van der Waals surface area (Å²) in [5, 5.41) is 2.97. The second-order valence-corrected chi connectivity index (χ2v) is 6.86. The number of nitrogens with zero attached hydrogens (tertiary/aromatic N) is 1. The molecule has 2 rings (SSSR count). The number of benzene rings is 1. The Morgan fingerprint density at radius 2 is 2.04 bits per heavy atom. The van der Waals surface area contributed by atoms with Crippen LogP contribution in [0.25, 0.3) is 0 Å². The minimum absolute atomic E-state index is 0.0567.